The molecule has 160 valence electrons. The summed E-state index contributed by atoms with van der Waals surface area (Å²) >= 11 is 1.30. The summed E-state index contributed by atoms with van der Waals surface area (Å²) < 4.78 is 0.898. The molecule has 4 N–H and O–H groups in total. The lowest BCUT2D eigenvalue weighted by Gasteiger charge is -2.19. The Kier molecular flexibility index (Phi) is 6.28. The van der Waals surface area contributed by atoms with E-state index in [1.807, 2.05) is 42.5 Å². The number of fused-ring (bicyclic) bond motifs is 1. The highest BCUT2D eigenvalue weighted by molar-refractivity contribution is 7.20. The molecule has 0 bridgehead atoms. The summed E-state index contributed by atoms with van der Waals surface area (Å²) in [6.45, 7) is 0. The molecular weight excluding hydrogens is 422 g/mol. The normalized spacial score (nSPS) is 11.6. The minimum Gasteiger partial charge on any atom is -0.365 e. The molecule has 32 heavy (non-hydrogen) atoms. The standard InChI is InChI=1S/C25H21N3O3S/c26-23(29)22-15-18-14-19(11-12-21(18)32-22)27-25(31)20(13-16-7-3-1-4-8-16)28-24(30)17-9-5-2-6-10-17/h1-12,14-15,20H,13H2,(H2,26,29)(H,27,31)(H,28,30)/t20-/m0/s1. The number of amides is 3. The van der Waals surface area contributed by atoms with Gasteiger partial charge in [-0.25, -0.2) is 0 Å². The average Bonchev–Trinajstić information content (AvgIpc) is 3.24. The van der Waals surface area contributed by atoms with Gasteiger partial charge in [-0.1, -0.05) is 48.5 Å². The Morgan fingerprint density at radius 3 is 2.25 bits per heavy atom. The minimum atomic E-state index is -0.774. The summed E-state index contributed by atoms with van der Waals surface area (Å²) in [6, 6.07) is 24.6. The molecule has 6 nitrogen and oxygen atoms in total. The van der Waals surface area contributed by atoms with Crippen molar-refractivity contribution in [3.8, 4) is 0 Å². The van der Waals surface area contributed by atoms with E-state index < -0.39 is 11.9 Å². The van der Waals surface area contributed by atoms with E-state index in [1.54, 1.807) is 42.5 Å². The molecular formula is C25H21N3O3S. The van der Waals surface area contributed by atoms with Crippen LogP contribution in [0.15, 0.2) is 84.9 Å². The molecule has 0 unspecified atom stereocenters. The molecule has 0 aliphatic carbocycles. The number of anilines is 1. The van der Waals surface area contributed by atoms with Gasteiger partial charge in [-0.2, -0.15) is 0 Å². The summed E-state index contributed by atoms with van der Waals surface area (Å²) in [5.41, 5.74) is 7.35. The number of nitrogens with two attached hydrogens (primary N) is 1. The topological polar surface area (TPSA) is 101 Å². The zero-order valence-corrected chi connectivity index (χ0v) is 17.9. The van der Waals surface area contributed by atoms with Gasteiger partial charge in [-0.05, 0) is 47.3 Å². The van der Waals surface area contributed by atoms with Crippen molar-refractivity contribution in [3.63, 3.8) is 0 Å². The highest BCUT2D eigenvalue weighted by atomic mass is 32.1. The largest absolute Gasteiger partial charge is 0.365 e. The number of hydrogen-bond acceptors (Lipinski definition) is 4. The van der Waals surface area contributed by atoms with Crippen molar-refractivity contribution in [1.82, 2.24) is 5.32 Å². The van der Waals surface area contributed by atoms with Crippen LogP contribution in [0.25, 0.3) is 10.1 Å². The van der Waals surface area contributed by atoms with Gasteiger partial charge in [0.25, 0.3) is 11.8 Å². The van der Waals surface area contributed by atoms with Crippen molar-refractivity contribution < 1.29 is 14.4 Å². The van der Waals surface area contributed by atoms with Crippen LogP contribution in [0.2, 0.25) is 0 Å². The number of benzene rings is 3. The first kappa shape index (κ1) is 21.3. The second kappa shape index (κ2) is 9.45. The SMILES string of the molecule is NC(=O)c1cc2cc(NC(=O)[C@H](Cc3ccccc3)NC(=O)c3ccccc3)ccc2s1. The lowest BCUT2D eigenvalue weighted by atomic mass is 10.0. The van der Waals surface area contributed by atoms with Gasteiger partial charge >= 0.3 is 0 Å². The zero-order valence-electron chi connectivity index (χ0n) is 17.1. The monoisotopic (exact) mass is 443 g/mol. The number of rotatable bonds is 7. The van der Waals surface area contributed by atoms with Crippen LogP contribution in [0, 0.1) is 0 Å². The Morgan fingerprint density at radius 2 is 1.56 bits per heavy atom. The zero-order chi connectivity index (χ0) is 22.5. The van der Waals surface area contributed by atoms with Crippen LogP contribution in [-0.4, -0.2) is 23.8 Å². The average molecular weight is 444 g/mol. The number of carbonyl (C=O) groups is 3. The molecule has 0 spiro atoms. The first-order valence-electron chi connectivity index (χ1n) is 10.0. The van der Waals surface area contributed by atoms with Gasteiger partial charge in [0.1, 0.15) is 6.04 Å². The summed E-state index contributed by atoms with van der Waals surface area (Å²) in [5.74, 6) is -1.13. The van der Waals surface area contributed by atoms with E-state index in [2.05, 4.69) is 10.6 Å². The van der Waals surface area contributed by atoms with E-state index >= 15 is 0 Å². The maximum absolute atomic E-state index is 13.1. The Labute approximate surface area is 189 Å². The number of thiophene rings is 1. The van der Waals surface area contributed by atoms with Crippen molar-refractivity contribution >= 4 is 44.8 Å². The van der Waals surface area contributed by atoms with E-state index in [1.165, 1.54) is 11.3 Å². The van der Waals surface area contributed by atoms with Crippen LogP contribution in [-0.2, 0) is 11.2 Å². The fourth-order valence-electron chi connectivity index (χ4n) is 3.36. The Morgan fingerprint density at radius 1 is 0.875 bits per heavy atom. The predicted octanol–water partition coefficient (Wildman–Crippen LogP) is 3.98. The Hall–Kier alpha value is -3.97. The fraction of sp³-hybridized carbons (Fsp3) is 0.0800. The maximum Gasteiger partial charge on any atom is 0.258 e. The van der Waals surface area contributed by atoms with E-state index in [0.29, 0.717) is 22.5 Å². The molecule has 7 heteroatoms. The number of nitrogens with one attached hydrogen (secondary N) is 2. The highest BCUT2D eigenvalue weighted by Gasteiger charge is 2.22. The summed E-state index contributed by atoms with van der Waals surface area (Å²) in [4.78, 5) is 37.7. The van der Waals surface area contributed by atoms with E-state index in [4.69, 9.17) is 5.73 Å². The number of primary amides is 1. The van der Waals surface area contributed by atoms with Crippen molar-refractivity contribution in [2.24, 2.45) is 5.73 Å². The predicted molar refractivity (Wildman–Crippen MR) is 127 cm³/mol. The van der Waals surface area contributed by atoms with Gasteiger partial charge in [0.15, 0.2) is 0 Å². The molecule has 1 heterocycles. The van der Waals surface area contributed by atoms with E-state index in [-0.39, 0.29) is 11.8 Å². The molecule has 0 aliphatic heterocycles. The molecule has 4 rings (SSSR count). The lowest BCUT2D eigenvalue weighted by molar-refractivity contribution is -0.118. The molecule has 4 aromatic rings. The van der Waals surface area contributed by atoms with Crippen LogP contribution >= 0.6 is 11.3 Å². The molecule has 1 aromatic heterocycles. The molecule has 0 saturated carbocycles. The first-order chi connectivity index (χ1) is 15.5. The van der Waals surface area contributed by atoms with Gasteiger partial charge in [-0.3, -0.25) is 14.4 Å². The van der Waals surface area contributed by atoms with Gasteiger partial charge in [-0.15, -0.1) is 11.3 Å². The Balaban J connectivity index is 1.55. The second-order valence-corrected chi connectivity index (χ2v) is 8.38. The van der Waals surface area contributed by atoms with Gasteiger partial charge < -0.3 is 16.4 Å². The Bertz CT molecular complexity index is 1270. The lowest BCUT2D eigenvalue weighted by Crippen LogP contribution is -2.45. The maximum atomic E-state index is 13.1. The summed E-state index contributed by atoms with van der Waals surface area (Å²) in [7, 11) is 0. The number of hydrogen-bond donors (Lipinski definition) is 3. The van der Waals surface area contributed by atoms with Gasteiger partial charge in [0, 0.05) is 22.4 Å². The van der Waals surface area contributed by atoms with Crippen molar-refractivity contribution in [3.05, 3.63) is 101 Å². The molecule has 3 amide bonds. The summed E-state index contributed by atoms with van der Waals surface area (Å²) in [6.07, 6.45) is 0.345. The smallest absolute Gasteiger partial charge is 0.258 e. The molecule has 0 fully saturated rings. The summed E-state index contributed by atoms with van der Waals surface area (Å²) in [5, 5.41) is 6.55. The van der Waals surface area contributed by atoms with Crippen LogP contribution in [0.5, 0.6) is 0 Å². The molecule has 0 radical (unpaired) electrons. The van der Waals surface area contributed by atoms with Crippen LogP contribution in [0.4, 0.5) is 5.69 Å². The fourth-order valence-corrected chi connectivity index (χ4v) is 4.26. The van der Waals surface area contributed by atoms with Crippen LogP contribution < -0.4 is 16.4 Å². The third kappa shape index (κ3) is 5.01. The van der Waals surface area contributed by atoms with Crippen LogP contribution in [0.3, 0.4) is 0 Å². The molecule has 1 atom stereocenters. The van der Waals surface area contributed by atoms with E-state index in [9.17, 15) is 14.4 Å². The molecule has 3 aromatic carbocycles. The van der Waals surface area contributed by atoms with Gasteiger partial charge in [0.05, 0.1) is 4.88 Å². The van der Waals surface area contributed by atoms with Crippen LogP contribution in [0.1, 0.15) is 25.6 Å². The third-order valence-electron chi connectivity index (χ3n) is 4.97. The van der Waals surface area contributed by atoms with Crippen molar-refractivity contribution in [1.29, 1.82) is 0 Å². The van der Waals surface area contributed by atoms with E-state index in [0.717, 1.165) is 15.6 Å². The van der Waals surface area contributed by atoms with Crippen molar-refractivity contribution in [2.45, 2.75) is 12.5 Å². The molecule has 0 aliphatic rings. The van der Waals surface area contributed by atoms with Crippen molar-refractivity contribution in [2.75, 3.05) is 5.32 Å². The molecule has 0 saturated heterocycles. The first-order valence-corrected chi connectivity index (χ1v) is 10.9. The second-order valence-electron chi connectivity index (χ2n) is 7.30. The third-order valence-corrected chi connectivity index (χ3v) is 6.10. The quantitative estimate of drug-likeness (QED) is 0.403. The minimum absolute atomic E-state index is 0.318. The van der Waals surface area contributed by atoms with Gasteiger partial charge in [0.2, 0.25) is 5.91 Å². The number of carbonyl (C=O) groups excluding carboxylic acids is 3. The highest BCUT2D eigenvalue weighted by Crippen LogP contribution is 2.28.